The summed E-state index contributed by atoms with van der Waals surface area (Å²) in [6.45, 7) is 0.0802. The van der Waals surface area contributed by atoms with E-state index >= 15 is 0 Å². The van der Waals surface area contributed by atoms with Crippen LogP contribution in [0.15, 0.2) is 0 Å². The minimum Gasteiger partial charge on any atom is -1.00 e. The van der Waals surface area contributed by atoms with Gasteiger partial charge in [-0.05, 0) is 25.7 Å². The van der Waals surface area contributed by atoms with Gasteiger partial charge in [-0.15, -0.1) is 0 Å². The third kappa shape index (κ3) is 22.9. The maximum absolute atomic E-state index is 8.51. The summed E-state index contributed by atoms with van der Waals surface area (Å²) in [7, 11) is 0. The first-order chi connectivity index (χ1) is 9.40. The van der Waals surface area contributed by atoms with Gasteiger partial charge in [0.15, 0.2) is 0 Å². The van der Waals surface area contributed by atoms with Crippen molar-refractivity contribution in [3.05, 3.63) is 0 Å². The zero-order chi connectivity index (χ0) is 16.0. The molecule has 0 fully saturated rings. The van der Waals surface area contributed by atoms with E-state index in [0.717, 1.165) is 0 Å². The van der Waals surface area contributed by atoms with Crippen molar-refractivity contribution in [1.82, 2.24) is 0 Å². The molecular weight excluding hydrogens is 365 g/mol. The Morgan fingerprint density at radius 2 is 0.864 bits per heavy atom. The van der Waals surface area contributed by atoms with E-state index in [2.05, 4.69) is 0 Å². The van der Waals surface area contributed by atoms with Crippen LogP contribution in [-0.4, -0.2) is 71.0 Å². The van der Waals surface area contributed by atoms with Gasteiger partial charge >= 0.3 is 19.5 Å². The second-order valence-electron chi connectivity index (χ2n) is 4.90. The van der Waals surface area contributed by atoms with Crippen LogP contribution in [0.2, 0.25) is 0 Å². The molecule has 12 N–H and O–H groups in total. The summed E-state index contributed by atoms with van der Waals surface area (Å²) in [4.78, 5) is 0. The molecule has 4 unspecified atom stereocenters. The molecule has 0 bridgehead atoms. The molecule has 22 heavy (non-hydrogen) atoms. The molecule has 0 spiro atoms. The first-order valence-electron chi connectivity index (χ1n) is 6.86. The number of rotatable bonds is 10. The summed E-state index contributed by atoms with van der Waals surface area (Å²) in [6, 6.07) is -0.678. The van der Waals surface area contributed by atoms with Crippen molar-refractivity contribution in [2.45, 2.75) is 49.9 Å². The summed E-state index contributed by atoms with van der Waals surface area (Å²) in [6.07, 6.45) is 2.23. The molecular formula is C12H32ClN4O4Zn+. The fourth-order valence-corrected chi connectivity index (χ4v) is 1.49. The molecule has 0 aliphatic carbocycles. The third-order valence-electron chi connectivity index (χ3n) is 2.68. The first-order valence-corrected chi connectivity index (χ1v) is 6.86. The smallest absolute Gasteiger partial charge is 1.00 e. The Kier molecular flexibility index (Phi) is 29.9. The Labute approximate surface area is 151 Å². The molecule has 0 aromatic carbocycles. The van der Waals surface area contributed by atoms with E-state index in [1.165, 1.54) is 0 Å². The van der Waals surface area contributed by atoms with Gasteiger partial charge in [-0.2, -0.15) is 0 Å². The van der Waals surface area contributed by atoms with Crippen LogP contribution in [0.25, 0.3) is 0 Å². The van der Waals surface area contributed by atoms with E-state index < -0.39 is 0 Å². The standard InChI is InChI=1S/2C6H16N2O2.ClH.Zn/c2*7-5(1-2-9)3-6(8)4-10;;/h2*5-6,9-10H,1-4,7-8H2;1H;/q;;;+2/p-1. The van der Waals surface area contributed by atoms with Gasteiger partial charge < -0.3 is 55.8 Å². The number of halogens is 1. The molecule has 0 aromatic heterocycles. The molecule has 0 aliphatic rings. The van der Waals surface area contributed by atoms with E-state index in [0.29, 0.717) is 25.7 Å². The maximum atomic E-state index is 8.51. The van der Waals surface area contributed by atoms with Gasteiger partial charge in [0.05, 0.1) is 13.2 Å². The van der Waals surface area contributed by atoms with Gasteiger partial charge in [-0.1, -0.05) is 0 Å². The number of hydrogen-bond acceptors (Lipinski definition) is 8. The second kappa shape index (κ2) is 21.6. The van der Waals surface area contributed by atoms with Gasteiger partial charge in [0.25, 0.3) is 0 Å². The van der Waals surface area contributed by atoms with Crippen molar-refractivity contribution in [3.63, 3.8) is 0 Å². The number of hydrogen-bond donors (Lipinski definition) is 8. The molecule has 10 heteroatoms. The fraction of sp³-hybridized carbons (Fsp3) is 1.00. The van der Waals surface area contributed by atoms with Crippen LogP contribution in [0.1, 0.15) is 25.7 Å². The predicted octanol–water partition coefficient (Wildman–Crippen LogP) is -6.19. The molecule has 0 rings (SSSR count). The van der Waals surface area contributed by atoms with Gasteiger partial charge in [-0.25, -0.2) is 0 Å². The average molecular weight is 397 g/mol. The first kappa shape index (κ1) is 30.5. The molecule has 0 heterocycles. The Morgan fingerprint density at radius 1 is 0.591 bits per heavy atom. The SMILES string of the molecule is NC(CO)CC(N)CCO.NC(CO)CC(N)CCO.[Cl-].[Zn+2]. The Morgan fingerprint density at radius 3 is 1.05 bits per heavy atom. The zero-order valence-electron chi connectivity index (χ0n) is 13.1. The molecule has 132 valence electrons. The summed E-state index contributed by atoms with van der Waals surface area (Å²) >= 11 is 0. The van der Waals surface area contributed by atoms with Crippen LogP contribution < -0.4 is 35.3 Å². The normalized spacial score (nSPS) is 15.3. The summed E-state index contributed by atoms with van der Waals surface area (Å²) in [5, 5.41) is 33.9. The quantitative estimate of drug-likeness (QED) is 0.167. The fourth-order valence-electron chi connectivity index (χ4n) is 1.49. The summed E-state index contributed by atoms with van der Waals surface area (Å²) in [5.41, 5.74) is 21.8. The Balaban J connectivity index is -0.000000135. The van der Waals surface area contributed by atoms with Crippen LogP contribution in [-0.2, 0) is 19.5 Å². The van der Waals surface area contributed by atoms with E-state index in [1.54, 1.807) is 0 Å². The minimum atomic E-state index is -0.249. The molecule has 0 radical (unpaired) electrons. The molecule has 0 aromatic rings. The Hall–Kier alpha value is 0.593. The van der Waals surface area contributed by atoms with Crippen LogP contribution >= 0.6 is 0 Å². The van der Waals surface area contributed by atoms with Crippen LogP contribution in [0, 0.1) is 0 Å². The number of nitrogens with two attached hydrogens (primary N) is 4. The maximum Gasteiger partial charge on any atom is 2.00 e. The molecule has 4 atom stereocenters. The topological polar surface area (TPSA) is 185 Å². The van der Waals surface area contributed by atoms with E-state index in [4.69, 9.17) is 43.4 Å². The minimum absolute atomic E-state index is 0. The van der Waals surface area contributed by atoms with E-state index in [-0.39, 0.29) is 82.5 Å². The molecule has 0 saturated carbocycles. The van der Waals surface area contributed by atoms with Crippen molar-refractivity contribution in [2.75, 3.05) is 26.4 Å². The van der Waals surface area contributed by atoms with Crippen molar-refractivity contribution in [2.24, 2.45) is 22.9 Å². The third-order valence-corrected chi connectivity index (χ3v) is 2.68. The second-order valence-corrected chi connectivity index (χ2v) is 4.90. The van der Waals surface area contributed by atoms with Crippen LogP contribution in [0.3, 0.4) is 0 Å². The molecule has 0 aliphatic heterocycles. The van der Waals surface area contributed by atoms with E-state index in [9.17, 15) is 0 Å². The number of aliphatic hydroxyl groups is 4. The Bertz CT molecular complexity index is 192. The molecule has 8 nitrogen and oxygen atoms in total. The molecule has 0 amide bonds. The summed E-state index contributed by atoms with van der Waals surface area (Å²) in [5.74, 6) is 0. The van der Waals surface area contributed by atoms with Crippen molar-refractivity contribution < 1.29 is 52.3 Å². The summed E-state index contributed by atoms with van der Waals surface area (Å²) < 4.78 is 0. The van der Waals surface area contributed by atoms with Crippen molar-refractivity contribution in [3.8, 4) is 0 Å². The molecule has 0 saturated heterocycles. The average Bonchev–Trinajstić information content (AvgIpc) is 2.39. The van der Waals surface area contributed by atoms with Crippen LogP contribution in [0.5, 0.6) is 0 Å². The number of aliphatic hydroxyl groups excluding tert-OH is 4. The van der Waals surface area contributed by atoms with Gasteiger partial charge in [0.1, 0.15) is 0 Å². The van der Waals surface area contributed by atoms with Crippen molar-refractivity contribution >= 4 is 0 Å². The predicted molar refractivity (Wildman–Crippen MR) is 78.7 cm³/mol. The van der Waals surface area contributed by atoms with Gasteiger partial charge in [0, 0.05) is 37.4 Å². The monoisotopic (exact) mass is 395 g/mol. The van der Waals surface area contributed by atoms with Gasteiger partial charge in [-0.3, -0.25) is 0 Å². The van der Waals surface area contributed by atoms with Crippen molar-refractivity contribution in [1.29, 1.82) is 0 Å². The largest absolute Gasteiger partial charge is 2.00 e. The van der Waals surface area contributed by atoms with Gasteiger partial charge in [0.2, 0.25) is 0 Å². The van der Waals surface area contributed by atoms with E-state index in [1.807, 2.05) is 0 Å². The van der Waals surface area contributed by atoms with Crippen LogP contribution in [0.4, 0.5) is 0 Å². The zero-order valence-corrected chi connectivity index (χ0v) is 16.9.